The number of carbonyl (C=O) groups excluding carboxylic acids is 2. The number of fused-ring (bicyclic) bond motifs is 3. The summed E-state index contributed by atoms with van der Waals surface area (Å²) in [6.07, 6.45) is 1.87. The van der Waals surface area contributed by atoms with E-state index in [4.69, 9.17) is 9.84 Å². The van der Waals surface area contributed by atoms with Crippen LogP contribution in [0, 0.1) is 5.92 Å². The van der Waals surface area contributed by atoms with Crippen molar-refractivity contribution >= 4 is 18.0 Å². The Hall–Kier alpha value is -3.35. The minimum absolute atomic E-state index is 0.0214. The zero-order valence-corrected chi connectivity index (χ0v) is 20.4. The van der Waals surface area contributed by atoms with E-state index in [1.165, 1.54) is 11.1 Å². The average molecular weight is 479 g/mol. The first kappa shape index (κ1) is 24.8. The molecule has 0 saturated carbocycles. The number of likely N-dealkylation sites (tertiary alicyclic amines) is 1. The van der Waals surface area contributed by atoms with Crippen LogP contribution in [-0.2, 0) is 14.3 Å². The van der Waals surface area contributed by atoms with Gasteiger partial charge in [0.1, 0.15) is 6.61 Å². The molecular formula is C28H34N2O5. The minimum Gasteiger partial charge on any atom is -0.481 e. The highest BCUT2D eigenvalue weighted by Gasteiger charge is 2.32. The van der Waals surface area contributed by atoms with E-state index < -0.39 is 12.1 Å². The molecule has 0 bridgehead atoms. The topological polar surface area (TPSA) is 95.9 Å². The smallest absolute Gasteiger partial charge is 0.407 e. The third-order valence-electron chi connectivity index (χ3n) is 7.24. The number of ether oxygens (including phenoxy) is 1. The van der Waals surface area contributed by atoms with E-state index in [0.717, 1.165) is 24.0 Å². The van der Waals surface area contributed by atoms with Crippen LogP contribution in [0.25, 0.3) is 11.1 Å². The molecule has 2 N–H and O–H groups in total. The van der Waals surface area contributed by atoms with Crippen LogP contribution in [0.2, 0.25) is 0 Å². The van der Waals surface area contributed by atoms with Crippen molar-refractivity contribution in [2.75, 3.05) is 13.2 Å². The van der Waals surface area contributed by atoms with E-state index in [9.17, 15) is 14.4 Å². The number of carboxylic acids is 1. The van der Waals surface area contributed by atoms with Crippen LogP contribution in [-0.4, -0.2) is 53.2 Å². The summed E-state index contributed by atoms with van der Waals surface area (Å²) in [5.74, 6) is -0.872. The Labute approximate surface area is 206 Å². The molecule has 186 valence electrons. The molecule has 1 unspecified atom stereocenters. The van der Waals surface area contributed by atoms with Gasteiger partial charge < -0.3 is 20.1 Å². The molecule has 2 amide bonds. The summed E-state index contributed by atoms with van der Waals surface area (Å²) in [5.41, 5.74) is 4.65. The second kappa shape index (κ2) is 10.9. The Morgan fingerprint density at radius 1 is 1.06 bits per heavy atom. The van der Waals surface area contributed by atoms with Crippen LogP contribution in [0.4, 0.5) is 4.79 Å². The van der Waals surface area contributed by atoms with Crippen LogP contribution in [0.3, 0.4) is 0 Å². The number of nitrogens with zero attached hydrogens (tertiary/aromatic N) is 1. The molecule has 35 heavy (non-hydrogen) atoms. The quantitative estimate of drug-likeness (QED) is 0.540. The summed E-state index contributed by atoms with van der Waals surface area (Å²) >= 11 is 0. The Morgan fingerprint density at radius 3 is 2.29 bits per heavy atom. The van der Waals surface area contributed by atoms with Crippen molar-refractivity contribution in [2.45, 2.75) is 64.0 Å². The average Bonchev–Trinajstić information content (AvgIpc) is 3.44. The molecule has 7 heteroatoms. The van der Waals surface area contributed by atoms with E-state index in [-0.39, 0.29) is 49.3 Å². The molecule has 1 aliphatic heterocycles. The van der Waals surface area contributed by atoms with Crippen molar-refractivity contribution in [1.29, 1.82) is 0 Å². The number of nitrogens with one attached hydrogen (secondary N) is 1. The number of rotatable bonds is 9. The molecule has 1 aliphatic carbocycles. The van der Waals surface area contributed by atoms with Crippen molar-refractivity contribution in [3.05, 3.63) is 59.7 Å². The Balaban J connectivity index is 1.35. The molecule has 2 aliphatic rings. The molecule has 1 heterocycles. The lowest BCUT2D eigenvalue weighted by Crippen LogP contribution is -2.45. The van der Waals surface area contributed by atoms with Gasteiger partial charge in [0.05, 0.1) is 0 Å². The normalized spacial score (nSPS) is 17.7. The van der Waals surface area contributed by atoms with Gasteiger partial charge in [0, 0.05) is 37.4 Å². The van der Waals surface area contributed by atoms with Crippen LogP contribution >= 0.6 is 0 Å². The van der Waals surface area contributed by atoms with Gasteiger partial charge in [0.2, 0.25) is 5.91 Å². The molecule has 0 radical (unpaired) electrons. The zero-order chi connectivity index (χ0) is 24.9. The maximum atomic E-state index is 13.0. The second-order valence-electron chi connectivity index (χ2n) is 9.84. The van der Waals surface area contributed by atoms with E-state index >= 15 is 0 Å². The fraction of sp³-hybridized carbons (Fsp3) is 0.464. The molecule has 0 aromatic heterocycles. The zero-order valence-electron chi connectivity index (χ0n) is 20.4. The highest BCUT2D eigenvalue weighted by Crippen LogP contribution is 2.44. The fourth-order valence-corrected chi connectivity index (χ4v) is 5.30. The molecule has 2 aromatic carbocycles. The number of aliphatic carboxylic acids is 1. The van der Waals surface area contributed by atoms with Crippen LogP contribution in [0.1, 0.15) is 63.0 Å². The predicted molar refractivity (Wildman–Crippen MR) is 133 cm³/mol. The third kappa shape index (κ3) is 5.66. The molecular weight excluding hydrogens is 444 g/mol. The van der Waals surface area contributed by atoms with Gasteiger partial charge in [-0.3, -0.25) is 9.59 Å². The highest BCUT2D eigenvalue weighted by atomic mass is 16.5. The van der Waals surface area contributed by atoms with E-state index in [1.54, 1.807) is 4.90 Å². The van der Waals surface area contributed by atoms with Gasteiger partial charge in [-0.25, -0.2) is 4.79 Å². The van der Waals surface area contributed by atoms with E-state index in [1.807, 2.05) is 38.1 Å². The number of benzene rings is 2. The number of alkyl carbamates (subject to hydrolysis) is 1. The van der Waals surface area contributed by atoms with Crippen molar-refractivity contribution < 1.29 is 24.2 Å². The second-order valence-corrected chi connectivity index (χ2v) is 9.84. The summed E-state index contributed by atoms with van der Waals surface area (Å²) < 4.78 is 5.67. The first-order valence-electron chi connectivity index (χ1n) is 12.5. The van der Waals surface area contributed by atoms with Gasteiger partial charge in [-0.15, -0.1) is 0 Å². The summed E-state index contributed by atoms with van der Waals surface area (Å²) in [6.45, 7) is 4.79. The Kier molecular flexibility index (Phi) is 7.73. The number of carbonyl (C=O) groups is 3. The largest absolute Gasteiger partial charge is 0.481 e. The summed E-state index contributed by atoms with van der Waals surface area (Å²) in [6, 6.07) is 16.0. The number of hydrogen-bond donors (Lipinski definition) is 2. The predicted octanol–water partition coefficient (Wildman–Crippen LogP) is 4.80. The molecule has 2 atom stereocenters. The number of carboxylic acid groups (broad SMARTS) is 1. The van der Waals surface area contributed by atoms with Crippen molar-refractivity contribution in [2.24, 2.45) is 5.92 Å². The van der Waals surface area contributed by atoms with E-state index in [0.29, 0.717) is 13.0 Å². The lowest BCUT2D eigenvalue weighted by molar-refractivity contribution is -0.139. The van der Waals surface area contributed by atoms with Crippen molar-refractivity contribution in [3.8, 4) is 11.1 Å². The summed E-state index contributed by atoms with van der Waals surface area (Å²) in [5, 5.41) is 11.9. The van der Waals surface area contributed by atoms with Crippen molar-refractivity contribution in [3.63, 3.8) is 0 Å². The van der Waals surface area contributed by atoms with Crippen LogP contribution in [0.5, 0.6) is 0 Å². The van der Waals surface area contributed by atoms with Gasteiger partial charge in [-0.1, -0.05) is 62.4 Å². The van der Waals surface area contributed by atoms with Crippen LogP contribution in [0.15, 0.2) is 48.5 Å². The molecule has 2 aromatic rings. The first-order chi connectivity index (χ1) is 16.8. The molecule has 1 saturated heterocycles. The van der Waals surface area contributed by atoms with Gasteiger partial charge >= 0.3 is 12.1 Å². The molecule has 7 nitrogen and oxygen atoms in total. The molecule has 4 rings (SSSR count). The highest BCUT2D eigenvalue weighted by molar-refractivity contribution is 5.80. The monoisotopic (exact) mass is 478 g/mol. The van der Waals surface area contributed by atoms with Crippen molar-refractivity contribution in [1.82, 2.24) is 10.2 Å². The number of hydrogen-bond acceptors (Lipinski definition) is 4. The lowest BCUT2D eigenvalue weighted by Gasteiger charge is -2.28. The molecule has 0 spiro atoms. The van der Waals surface area contributed by atoms with E-state index in [2.05, 4.69) is 29.6 Å². The maximum Gasteiger partial charge on any atom is 0.407 e. The lowest BCUT2D eigenvalue weighted by atomic mass is 9.98. The summed E-state index contributed by atoms with van der Waals surface area (Å²) in [7, 11) is 0. The Morgan fingerprint density at radius 2 is 1.69 bits per heavy atom. The SMILES string of the molecule is CC(C)[C@@H](CC(=O)N1CCCC1CCC(=O)O)NC(=O)OCC1c2ccccc2-c2ccccc21. The first-order valence-corrected chi connectivity index (χ1v) is 12.5. The minimum atomic E-state index is -0.846. The molecule has 1 fully saturated rings. The van der Waals surface area contributed by atoms with Gasteiger partial charge in [0.25, 0.3) is 0 Å². The Bertz CT molecular complexity index is 1040. The summed E-state index contributed by atoms with van der Waals surface area (Å²) in [4.78, 5) is 38.5. The fourth-order valence-electron chi connectivity index (χ4n) is 5.30. The van der Waals surface area contributed by atoms with Gasteiger partial charge in [0.15, 0.2) is 0 Å². The van der Waals surface area contributed by atoms with Gasteiger partial charge in [-0.05, 0) is 47.4 Å². The standard InChI is InChI=1S/C28H34N2O5/c1-18(2)25(16-26(31)30-15-7-8-19(30)13-14-27(32)33)29-28(34)35-17-24-22-11-5-3-9-20(22)21-10-4-6-12-23(21)24/h3-6,9-12,18-19,24-25H,7-8,13-17H2,1-2H3,(H,29,34)(H,32,33)/t19?,25-/m1/s1. The van der Waals surface area contributed by atoms with Crippen LogP contribution < -0.4 is 5.32 Å². The maximum absolute atomic E-state index is 13.0. The third-order valence-corrected chi connectivity index (χ3v) is 7.24. The van der Waals surface area contributed by atoms with Gasteiger partial charge in [-0.2, -0.15) is 0 Å². The number of amides is 2.